The van der Waals surface area contributed by atoms with Crippen molar-refractivity contribution in [1.29, 1.82) is 0 Å². The highest BCUT2D eigenvalue weighted by Gasteiger charge is 2.07. The van der Waals surface area contributed by atoms with Crippen LogP contribution in [0.4, 0.5) is 0 Å². The summed E-state index contributed by atoms with van der Waals surface area (Å²) in [5.74, 6) is 0. The summed E-state index contributed by atoms with van der Waals surface area (Å²) in [6.45, 7) is 2.76. The van der Waals surface area contributed by atoms with Crippen LogP contribution in [0, 0.1) is 0 Å². The average molecular weight is 767 g/mol. The monoisotopic (exact) mass is 765 g/mol. The molecule has 9 aromatic rings. The largest absolute Gasteiger partial charge is 1.00 e. The van der Waals surface area contributed by atoms with Crippen LogP contribution in [0.5, 0.6) is 0 Å². The Balaban J connectivity index is 0.000000176. The molecule has 0 N–H and O–H groups in total. The Morgan fingerprint density at radius 1 is 0.241 bits per heavy atom. The fraction of sp³-hybridized carbons (Fsp3) is 0.0625. The fourth-order valence-electron chi connectivity index (χ4n) is 6.50. The van der Waals surface area contributed by atoms with Crippen molar-refractivity contribution in [2.75, 3.05) is 0 Å². The van der Waals surface area contributed by atoms with Crippen molar-refractivity contribution in [3.8, 4) is 0 Å². The standard InChI is InChI=1S/3C16H14N.3ClH/c3*1-4-11-17(12-5-1)13-15-9-6-8-14-7-2-3-10-16(14)15;;;/h3*1-12H,13H2;3*1H/q3*+1;;;/p-3. The number of fused-ring (bicyclic) bond motifs is 3. The van der Waals surface area contributed by atoms with E-state index in [2.05, 4.69) is 215 Å². The lowest BCUT2D eigenvalue weighted by molar-refractivity contribution is -0.688. The van der Waals surface area contributed by atoms with Crippen LogP contribution in [-0.4, -0.2) is 0 Å². The van der Waals surface area contributed by atoms with E-state index in [4.69, 9.17) is 0 Å². The first kappa shape index (κ1) is 41.2. The van der Waals surface area contributed by atoms with E-state index in [1.54, 1.807) is 0 Å². The van der Waals surface area contributed by atoms with Crippen molar-refractivity contribution < 1.29 is 50.9 Å². The van der Waals surface area contributed by atoms with Crippen LogP contribution in [0.3, 0.4) is 0 Å². The van der Waals surface area contributed by atoms with Gasteiger partial charge in [-0.1, -0.05) is 146 Å². The molecule has 3 aromatic heterocycles. The molecule has 0 atom stereocenters. The van der Waals surface area contributed by atoms with Crippen molar-refractivity contribution in [3.05, 3.63) is 236 Å². The number of hydrogen-bond donors (Lipinski definition) is 0. The molecular formula is C48H42Cl3N3. The van der Waals surface area contributed by atoms with Crippen LogP contribution in [0.25, 0.3) is 32.3 Å². The second kappa shape index (κ2) is 21.2. The van der Waals surface area contributed by atoms with Gasteiger partial charge in [-0.3, -0.25) is 0 Å². The predicted octanol–water partition coefficient (Wildman–Crippen LogP) is 0.539. The van der Waals surface area contributed by atoms with Gasteiger partial charge in [0.1, 0.15) is 0 Å². The molecule has 0 fully saturated rings. The van der Waals surface area contributed by atoms with Gasteiger partial charge in [-0.25, -0.2) is 13.7 Å². The van der Waals surface area contributed by atoms with Crippen molar-refractivity contribution in [2.45, 2.75) is 19.6 Å². The number of rotatable bonds is 6. The van der Waals surface area contributed by atoms with Crippen molar-refractivity contribution >= 4 is 32.3 Å². The SMILES string of the molecule is [Cl-].[Cl-].[Cl-].c1cc[n+](Cc2cccc3ccccc23)cc1.c1cc[n+](Cc2cccc3ccccc23)cc1.c1cc[n+](Cc2cccc3ccccc23)cc1. The van der Waals surface area contributed by atoms with Crippen LogP contribution in [0.15, 0.2) is 219 Å². The summed E-state index contributed by atoms with van der Waals surface area (Å²) in [6.07, 6.45) is 12.6. The maximum Gasteiger partial charge on any atom is 0.174 e. The third kappa shape index (κ3) is 11.0. The first-order valence-corrected chi connectivity index (χ1v) is 17.5. The second-order valence-electron chi connectivity index (χ2n) is 12.6. The van der Waals surface area contributed by atoms with Crippen LogP contribution in [0.1, 0.15) is 16.7 Å². The van der Waals surface area contributed by atoms with Gasteiger partial charge in [-0.15, -0.1) is 0 Å². The van der Waals surface area contributed by atoms with Gasteiger partial charge in [0.05, 0.1) is 0 Å². The summed E-state index contributed by atoms with van der Waals surface area (Å²) in [5, 5.41) is 7.94. The molecule has 0 amide bonds. The van der Waals surface area contributed by atoms with Crippen LogP contribution in [0.2, 0.25) is 0 Å². The normalized spacial score (nSPS) is 10.0. The molecule has 0 aliphatic rings. The minimum atomic E-state index is 0. The summed E-state index contributed by atoms with van der Waals surface area (Å²) in [4.78, 5) is 0. The van der Waals surface area contributed by atoms with Gasteiger partial charge in [0.25, 0.3) is 0 Å². The zero-order valence-electron chi connectivity index (χ0n) is 29.9. The Hall–Kier alpha value is -5.58. The van der Waals surface area contributed by atoms with E-state index in [9.17, 15) is 0 Å². The maximum absolute atomic E-state index is 2.20. The van der Waals surface area contributed by atoms with Crippen LogP contribution in [-0.2, 0) is 19.6 Å². The second-order valence-corrected chi connectivity index (χ2v) is 12.6. The minimum absolute atomic E-state index is 0. The first-order chi connectivity index (χ1) is 25.3. The molecule has 3 heterocycles. The van der Waals surface area contributed by atoms with Gasteiger partial charge in [-0.05, 0) is 32.3 Å². The van der Waals surface area contributed by atoms with Crippen LogP contribution < -0.4 is 50.9 Å². The predicted molar refractivity (Wildman–Crippen MR) is 209 cm³/mol. The zero-order chi connectivity index (χ0) is 34.5. The molecule has 0 unspecified atom stereocenters. The third-order valence-electron chi connectivity index (χ3n) is 9.03. The van der Waals surface area contributed by atoms with E-state index in [-0.39, 0.29) is 37.2 Å². The molecule has 0 bridgehead atoms. The zero-order valence-corrected chi connectivity index (χ0v) is 32.1. The topological polar surface area (TPSA) is 11.6 Å². The third-order valence-corrected chi connectivity index (χ3v) is 9.03. The van der Waals surface area contributed by atoms with E-state index < -0.39 is 0 Å². The molecular weight excluding hydrogens is 725 g/mol. The number of hydrogen-bond acceptors (Lipinski definition) is 0. The van der Waals surface area contributed by atoms with Crippen molar-refractivity contribution in [2.24, 2.45) is 0 Å². The lowest BCUT2D eigenvalue weighted by atomic mass is 10.0. The summed E-state index contributed by atoms with van der Waals surface area (Å²) in [5.41, 5.74) is 4.08. The van der Waals surface area contributed by atoms with Gasteiger partial charge in [0, 0.05) is 53.1 Å². The first-order valence-electron chi connectivity index (χ1n) is 17.5. The molecule has 0 radical (unpaired) electrons. The molecule has 0 aliphatic heterocycles. The highest BCUT2D eigenvalue weighted by molar-refractivity contribution is 5.87. The van der Waals surface area contributed by atoms with Gasteiger partial charge in [0.15, 0.2) is 56.8 Å². The molecule has 9 rings (SSSR count). The number of benzene rings is 6. The highest BCUT2D eigenvalue weighted by atomic mass is 35.5. The molecule has 0 saturated carbocycles. The van der Waals surface area contributed by atoms with Crippen molar-refractivity contribution in [3.63, 3.8) is 0 Å². The van der Waals surface area contributed by atoms with Crippen molar-refractivity contribution in [1.82, 2.24) is 0 Å². The van der Waals surface area contributed by atoms with E-state index in [0.29, 0.717) is 0 Å². The summed E-state index contributed by atoms with van der Waals surface area (Å²) < 4.78 is 6.59. The molecule has 54 heavy (non-hydrogen) atoms. The Bertz CT molecular complexity index is 2170. The van der Waals surface area contributed by atoms with E-state index in [1.165, 1.54) is 49.0 Å². The van der Waals surface area contributed by atoms with Gasteiger partial charge in [-0.2, -0.15) is 0 Å². The number of nitrogens with zero attached hydrogens (tertiary/aromatic N) is 3. The summed E-state index contributed by atoms with van der Waals surface area (Å²) in [6, 6.07) is 63.5. The lowest BCUT2D eigenvalue weighted by Crippen LogP contribution is -3.00. The van der Waals surface area contributed by atoms with E-state index in [0.717, 1.165) is 19.6 Å². The average Bonchev–Trinajstić information content (AvgIpc) is 3.20. The molecule has 6 aromatic carbocycles. The minimum Gasteiger partial charge on any atom is -1.00 e. The Morgan fingerprint density at radius 2 is 0.481 bits per heavy atom. The molecule has 3 nitrogen and oxygen atoms in total. The van der Waals surface area contributed by atoms with Gasteiger partial charge in [0.2, 0.25) is 0 Å². The summed E-state index contributed by atoms with van der Waals surface area (Å²) >= 11 is 0. The molecule has 0 aliphatic carbocycles. The summed E-state index contributed by atoms with van der Waals surface area (Å²) in [7, 11) is 0. The van der Waals surface area contributed by atoms with Gasteiger partial charge >= 0.3 is 0 Å². The van der Waals surface area contributed by atoms with E-state index in [1.807, 2.05) is 18.2 Å². The Labute approximate surface area is 337 Å². The Morgan fingerprint density at radius 3 is 0.759 bits per heavy atom. The smallest absolute Gasteiger partial charge is 0.174 e. The quantitative estimate of drug-likeness (QED) is 0.220. The maximum atomic E-state index is 2.20. The molecule has 0 spiro atoms. The highest BCUT2D eigenvalue weighted by Crippen LogP contribution is 2.20. The number of pyridine rings is 3. The Kier molecular flexibility index (Phi) is 16.2. The van der Waals surface area contributed by atoms with E-state index >= 15 is 0 Å². The molecule has 6 heteroatoms. The molecule has 0 saturated heterocycles. The van der Waals surface area contributed by atoms with Crippen LogP contribution >= 0.6 is 0 Å². The van der Waals surface area contributed by atoms with Gasteiger partial charge < -0.3 is 37.2 Å². The number of aromatic nitrogens is 3. The number of halogens is 3. The fourth-order valence-corrected chi connectivity index (χ4v) is 6.50. The lowest BCUT2D eigenvalue weighted by Gasteiger charge is -2.03. The molecule has 270 valence electrons.